The Balaban J connectivity index is 0.807. The van der Waals surface area contributed by atoms with Crippen molar-refractivity contribution >= 4 is 83.7 Å². The molecule has 2 aliphatic heterocycles. The van der Waals surface area contributed by atoms with Gasteiger partial charge in [-0.15, -0.1) is 0 Å². The molecule has 2 aromatic carbocycles. The van der Waals surface area contributed by atoms with Crippen molar-refractivity contribution < 1.29 is 28.7 Å². The standard InChI is InChI=1S/C54H50N4O6S2/c59-43-33-19-27-11-3-4-12-28(27)20-34(33)44(60)41(43)55-51-57-49-47(65-51)37-23-32-26-40-38(24-31(32)25-39(37)63-53(49)15-7-1-8-16-53)48-50(54(64-40)17-9-2-10-18-54)58-52(66-48)56-42-45(61)35-21-29-13-5-6-14-30(29)22-36(35)46(42)62/h3-4,11-12,19-20,23-26,29-32,35-36,41H,1-2,5-10,13-18,21-22H2,(H,55,57). The van der Waals surface area contributed by atoms with E-state index in [-0.39, 0.29) is 52.5 Å². The first-order chi connectivity index (χ1) is 32.2. The molecule has 0 saturated heterocycles. The molecule has 14 rings (SSSR count). The molecule has 12 heteroatoms. The van der Waals surface area contributed by atoms with Gasteiger partial charge in [-0.25, -0.2) is 15.0 Å². The molecule has 6 unspecified atom stereocenters. The van der Waals surface area contributed by atoms with Crippen molar-refractivity contribution in [2.75, 3.05) is 5.32 Å². The van der Waals surface area contributed by atoms with E-state index in [9.17, 15) is 19.2 Å². The Morgan fingerprint density at radius 1 is 0.606 bits per heavy atom. The van der Waals surface area contributed by atoms with Crippen LogP contribution in [0.1, 0.15) is 145 Å². The van der Waals surface area contributed by atoms with Crippen LogP contribution in [0.3, 0.4) is 0 Å². The number of benzene rings is 2. The van der Waals surface area contributed by atoms with E-state index in [1.807, 2.05) is 36.4 Å². The number of Topliss-reactive ketones (excluding diaryl/α,β-unsaturated/α-hetero) is 4. The van der Waals surface area contributed by atoms with E-state index in [4.69, 9.17) is 24.4 Å². The first-order valence-electron chi connectivity index (χ1n) is 24.6. The highest BCUT2D eigenvalue weighted by Gasteiger charge is 2.54. The molecule has 4 heterocycles. The van der Waals surface area contributed by atoms with Crippen LogP contribution in [0.25, 0.3) is 21.9 Å². The Hall–Kier alpha value is -5.33. The lowest BCUT2D eigenvalue weighted by Gasteiger charge is -2.45. The second-order valence-corrected chi connectivity index (χ2v) is 22.8. The van der Waals surface area contributed by atoms with Crippen LogP contribution in [0.4, 0.5) is 10.3 Å². The quantitative estimate of drug-likeness (QED) is 0.199. The maximum Gasteiger partial charge on any atom is 0.210 e. The van der Waals surface area contributed by atoms with Gasteiger partial charge >= 0.3 is 0 Å². The van der Waals surface area contributed by atoms with E-state index >= 15 is 0 Å². The van der Waals surface area contributed by atoms with Gasteiger partial charge in [0.2, 0.25) is 5.13 Å². The fourth-order valence-corrected chi connectivity index (χ4v) is 16.0. The van der Waals surface area contributed by atoms with Crippen LogP contribution in [0.15, 0.2) is 77.2 Å². The zero-order valence-electron chi connectivity index (χ0n) is 36.7. The normalized spacial score (nSPS) is 30.0. The van der Waals surface area contributed by atoms with Crippen molar-refractivity contribution in [3.8, 4) is 0 Å². The minimum atomic E-state index is -1.04. The number of aliphatic imine (C=N–C) groups is 1. The SMILES string of the molecule is O=C1c2cc3ccccc3cc2C(=O)C1Nc1nc2c(s1)C1=CC3C=C4OC5(CCCCC5)c5nc(N=C6C(=O)C7CC8CCCCC8CC7C6=O)sc5C4=CC3C=C1OC21CCCCC1. The molecule has 66 heavy (non-hydrogen) atoms. The smallest absolute Gasteiger partial charge is 0.210 e. The monoisotopic (exact) mass is 914 g/mol. The molecule has 0 bridgehead atoms. The molecule has 10 nitrogen and oxygen atoms in total. The molecular formula is C54H50N4O6S2. The lowest BCUT2D eigenvalue weighted by Crippen LogP contribution is -2.38. The summed E-state index contributed by atoms with van der Waals surface area (Å²) in [4.78, 5) is 73.0. The van der Waals surface area contributed by atoms with Gasteiger partial charge in [0.25, 0.3) is 0 Å². The molecule has 2 spiro atoms. The molecule has 10 aliphatic rings. The number of aromatic nitrogens is 2. The van der Waals surface area contributed by atoms with Crippen LogP contribution in [-0.2, 0) is 30.3 Å². The fourth-order valence-electron chi connectivity index (χ4n) is 13.8. The molecule has 4 aromatic rings. The number of anilines is 1. The van der Waals surface area contributed by atoms with E-state index in [0.29, 0.717) is 33.2 Å². The van der Waals surface area contributed by atoms with Gasteiger partial charge in [-0.1, -0.05) is 97.6 Å². The lowest BCUT2D eigenvalue weighted by atomic mass is 9.64. The molecule has 2 aromatic heterocycles. The van der Waals surface area contributed by atoms with E-state index < -0.39 is 17.2 Å². The predicted molar refractivity (Wildman–Crippen MR) is 254 cm³/mol. The topological polar surface area (TPSA) is 137 Å². The molecule has 5 saturated carbocycles. The van der Waals surface area contributed by atoms with Crippen molar-refractivity contribution in [1.29, 1.82) is 0 Å². The molecule has 6 atom stereocenters. The Morgan fingerprint density at radius 3 is 1.67 bits per heavy atom. The minimum absolute atomic E-state index is 0.0173. The average Bonchev–Trinajstić information content (AvgIpc) is 4.09. The number of hydrogen-bond acceptors (Lipinski definition) is 12. The minimum Gasteiger partial charge on any atom is -0.481 e. The third-order valence-corrected chi connectivity index (χ3v) is 19.1. The summed E-state index contributed by atoms with van der Waals surface area (Å²) in [6, 6.07) is 10.5. The van der Waals surface area contributed by atoms with Crippen LogP contribution in [-0.4, -0.2) is 44.9 Å². The maximum atomic E-state index is 14.0. The second kappa shape index (κ2) is 14.6. The van der Waals surface area contributed by atoms with Gasteiger partial charge < -0.3 is 14.8 Å². The molecular weight excluding hydrogens is 865 g/mol. The first kappa shape index (κ1) is 39.8. The number of carbonyl (C=O) groups excluding carboxylic acids is 4. The summed E-state index contributed by atoms with van der Waals surface area (Å²) in [6.45, 7) is 0. The first-order valence-corrected chi connectivity index (χ1v) is 26.2. The van der Waals surface area contributed by atoms with E-state index in [1.165, 1.54) is 48.4 Å². The molecule has 0 radical (unpaired) electrons. The number of carbonyl (C=O) groups is 4. The predicted octanol–water partition coefficient (Wildman–Crippen LogP) is 11.5. The van der Waals surface area contributed by atoms with Crippen molar-refractivity contribution in [1.82, 2.24) is 9.97 Å². The second-order valence-electron chi connectivity index (χ2n) is 20.8. The van der Waals surface area contributed by atoms with E-state index in [1.54, 1.807) is 0 Å². The highest BCUT2D eigenvalue weighted by molar-refractivity contribution is 7.17. The molecule has 5 fully saturated rings. The van der Waals surface area contributed by atoms with Crippen molar-refractivity contribution in [2.45, 2.75) is 120 Å². The fraction of sp³-hybridized carbons (Fsp3) is 0.463. The Kier molecular flexibility index (Phi) is 8.80. The van der Waals surface area contributed by atoms with Gasteiger partial charge in [0.1, 0.15) is 22.9 Å². The zero-order chi connectivity index (χ0) is 44.1. The molecule has 8 aliphatic carbocycles. The Labute approximate surface area is 390 Å². The summed E-state index contributed by atoms with van der Waals surface area (Å²) in [5.74, 6) is 1.69. The van der Waals surface area contributed by atoms with Crippen LogP contribution in [0.5, 0.6) is 0 Å². The summed E-state index contributed by atoms with van der Waals surface area (Å²) < 4.78 is 14.4. The van der Waals surface area contributed by atoms with Crippen LogP contribution in [0, 0.1) is 35.5 Å². The molecule has 1 N–H and O–H groups in total. The van der Waals surface area contributed by atoms with Gasteiger partial charge in [-0.2, -0.15) is 0 Å². The summed E-state index contributed by atoms with van der Waals surface area (Å²) >= 11 is 3.00. The van der Waals surface area contributed by atoms with Gasteiger partial charge in [0.05, 0.1) is 9.75 Å². The number of thiazole rings is 2. The Morgan fingerprint density at radius 2 is 1.12 bits per heavy atom. The number of rotatable bonds is 3. The number of ketones is 4. The van der Waals surface area contributed by atoms with Gasteiger partial charge in [0, 0.05) is 45.9 Å². The number of fused-ring (bicyclic) bond motifs is 13. The van der Waals surface area contributed by atoms with Crippen molar-refractivity contribution in [2.24, 2.45) is 40.5 Å². The largest absolute Gasteiger partial charge is 0.481 e. The molecule has 334 valence electrons. The Bertz CT molecular complexity index is 2940. The lowest BCUT2D eigenvalue weighted by molar-refractivity contribution is -0.123. The summed E-state index contributed by atoms with van der Waals surface area (Å²) in [5, 5.41) is 6.21. The zero-order valence-corrected chi connectivity index (χ0v) is 38.4. The van der Waals surface area contributed by atoms with E-state index in [2.05, 4.69) is 29.6 Å². The van der Waals surface area contributed by atoms with Crippen LogP contribution >= 0.6 is 22.7 Å². The van der Waals surface area contributed by atoms with Crippen LogP contribution < -0.4 is 5.32 Å². The number of ether oxygens (including phenoxy) is 2. The summed E-state index contributed by atoms with van der Waals surface area (Å²) in [7, 11) is 0. The van der Waals surface area contributed by atoms with Crippen molar-refractivity contribution in [3.05, 3.63) is 104 Å². The molecule has 0 amide bonds. The third kappa shape index (κ3) is 5.85. The number of nitrogens with zero attached hydrogens (tertiary/aromatic N) is 3. The number of nitrogens with one attached hydrogen (secondary N) is 1. The summed E-state index contributed by atoms with van der Waals surface area (Å²) in [6.07, 6.45) is 25.3. The average molecular weight is 915 g/mol. The van der Waals surface area contributed by atoms with Gasteiger partial charge in [0.15, 0.2) is 51.2 Å². The highest BCUT2D eigenvalue weighted by Crippen LogP contribution is 2.59. The van der Waals surface area contributed by atoms with Crippen molar-refractivity contribution in [3.63, 3.8) is 0 Å². The van der Waals surface area contributed by atoms with Gasteiger partial charge in [-0.05, 0) is 111 Å². The number of allylic oxidation sites excluding steroid dienone is 6. The van der Waals surface area contributed by atoms with Gasteiger partial charge in [-0.3, -0.25) is 19.2 Å². The third-order valence-electron chi connectivity index (χ3n) is 17.1. The highest BCUT2D eigenvalue weighted by atomic mass is 32.1. The maximum absolute atomic E-state index is 14.0. The number of hydrogen-bond donors (Lipinski definition) is 1. The van der Waals surface area contributed by atoms with Crippen LogP contribution in [0.2, 0.25) is 0 Å². The van der Waals surface area contributed by atoms with E-state index in [0.717, 1.165) is 132 Å². The summed E-state index contributed by atoms with van der Waals surface area (Å²) in [5.41, 5.74) is 3.61.